The Balaban J connectivity index is 1.82. The summed E-state index contributed by atoms with van der Waals surface area (Å²) >= 11 is 0. The average Bonchev–Trinajstić information content (AvgIpc) is 2.98. The summed E-state index contributed by atoms with van der Waals surface area (Å²) < 4.78 is 1.95. The summed E-state index contributed by atoms with van der Waals surface area (Å²) in [6, 6.07) is 8.10. The molecule has 1 atom stereocenters. The normalized spacial score (nSPS) is 17.5. The van der Waals surface area contributed by atoms with Crippen LogP contribution in [0.4, 0.5) is 0 Å². The number of rotatable bonds is 6. The lowest BCUT2D eigenvalue weighted by Gasteiger charge is -2.33. The van der Waals surface area contributed by atoms with Gasteiger partial charge in [0.2, 0.25) is 11.8 Å². The van der Waals surface area contributed by atoms with Gasteiger partial charge in [0.15, 0.2) is 0 Å². The summed E-state index contributed by atoms with van der Waals surface area (Å²) in [6.45, 7) is 5.54. The zero-order valence-electron chi connectivity index (χ0n) is 15.7. The van der Waals surface area contributed by atoms with Gasteiger partial charge in [-0.2, -0.15) is 0 Å². The van der Waals surface area contributed by atoms with E-state index >= 15 is 0 Å². The average molecular weight is 356 g/mol. The van der Waals surface area contributed by atoms with E-state index in [1.165, 1.54) is 6.42 Å². The topological polar surface area (TPSA) is 67.2 Å². The second kappa shape index (κ2) is 8.34. The summed E-state index contributed by atoms with van der Waals surface area (Å²) in [4.78, 5) is 31.4. The molecule has 3 rings (SSSR count). The number of nitrogens with zero attached hydrogens (tertiary/aromatic N) is 3. The smallest absolute Gasteiger partial charge is 0.242 e. The van der Waals surface area contributed by atoms with Crippen LogP contribution >= 0.6 is 0 Å². The molecule has 0 bridgehead atoms. The van der Waals surface area contributed by atoms with Crippen LogP contribution in [0.3, 0.4) is 0 Å². The lowest BCUT2D eigenvalue weighted by atomic mass is 10.0. The van der Waals surface area contributed by atoms with E-state index in [0.29, 0.717) is 19.0 Å². The minimum atomic E-state index is 0.0158. The van der Waals surface area contributed by atoms with Crippen molar-refractivity contribution in [1.82, 2.24) is 19.8 Å². The maximum atomic E-state index is 12.9. The number of benzene rings is 1. The molecule has 2 heterocycles. The van der Waals surface area contributed by atoms with Gasteiger partial charge in [-0.25, -0.2) is 4.98 Å². The Morgan fingerprint density at radius 3 is 2.85 bits per heavy atom. The number of imidazole rings is 1. The summed E-state index contributed by atoms with van der Waals surface area (Å²) in [7, 11) is 0. The van der Waals surface area contributed by atoms with Crippen LogP contribution in [0.25, 0.3) is 11.0 Å². The van der Waals surface area contributed by atoms with Gasteiger partial charge in [0.05, 0.1) is 17.6 Å². The molecule has 6 nitrogen and oxygen atoms in total. The van der Waals surface area contributed by atoms with Gasteiger partial charge in [-0.05, 0) is 44.7 Å². The molecule has 2 amide bonds. The number of hydrogen-bond acceptors (Lipinski definition) is 3. The largest absolute Gasteiger partial charge is 0.349 e. The van der Waals surface area contributed by atoms with Gasteiger partial charge in [-0.15, -0.1) is 0 Å². The number of piperidine rings is 1. The van der Waals surface area contributed by atoms with Gasteiger partial charge in [-0.1, -0.05) is 19.1 Å². The number of carbonyl (C=O) groups is 2. The highest BCUT2D eigenvalue weighted by atomic mass is 16.2. The van der Waals surface area contributed by atoms with Crippen molar-refractivity contribution in [1.29, 1.82) is 0 Å². The first-order valence-electron chi connectivity index (χ1n) is 9.60. The Morgan fingerprint density at radius 2 is 2.08 bits per heavy atom. The van der Waals surface area contributed by atoms with E-state index < -0.39 is 0 Å². The minimum absolute atomic E-state index is 0.0158. The molecule has 1 saturated heterocycles. The van der Waals surface area contributed by atoms with Crippen molar-refractivity contribution in [2.24, 2.45) is 0 Å². The molecule has 1 aliphatic rings. The van der Waals surface area contributed by atoms with Crippen LogP contribution in [-0.4, -0.2) is 38.9 Å². The van der Waals surface area contributed by atoms with Crippen molar-refractivity contribution < 1.29 is 9.59 Å². The molecule has 0 spiro atoms. The summed E-state index contributed by atoms with van der Waals surface area (Å²) in [5, 5.41) is 2.92. The molecule has 0 aliphatic carbocycles. The maximum absolute atomic E-state index is 12.9. The summed E-state index contributed by atoms with van der Waals surface area (Å²) in [5.41, 5.74) is 1.79. The second-order valence-electron chi connectivity index (χ2n) is 7.06. The molecule has 26 heavy (non-hydrogen) atoms. The molecule has 1 fully saturated rings. The van der Waals surface area contributed by atoms with Crippen LogP contribution in [0, 0.1) is 0 Å². The molecule has 1 aromatic carbocycles. The zero-order valence-corrected chi connectivity index (χ0v) is 15.7. The second-order valence-corrected chi connectivity index (χ2v) is 7.06. The maximum Gasteiger partial charge on any atom is 0.242 e. The SMILES string of the molecule is CCCC(=O)NCc1nc2ccccc2n1CC(=O)N1CCCCC1C. The highest BCUT2D eigenvalue weighted by Crippen LogP contribution is 2.20. The molecule has 6 heteroatoms. The van der Waals surface area contributed by atoms with Gasteiger partial charge < -0.3 is 14.8 Å². The van der Waals surface area contributed by atoms with Crippen LogP contribution in [0.2, 0.25) is 0 Å². The summed E-state index contributed by atoms with van der Waals surface area (Å²) in [6.07, 6.45) is 4.64. The Kier molecular flexibility index (Phi) is 5.91. The van der Waals surface area contributed by atoms with E-state index in [-0.39, 0.29) is 18.4 Å². The molecular formula is C20H28N4O2. The van der Waals surface area contributed by atoms with Crippen LogP contribution in [0.5, 0.6) is 0 Å². The van der Waals surface area contributed by atoms with E-state index in [4.69, 9.17) is 0 Å². The number of amides is 2. The first kappa shape index (κ1) is 18.4. The van der Waals surface area contributed by atoms with Crippen molar-refractivity contribution in [3.8, 4) is 0 Å². The quantitative estimate of drug-likeness (QED) is 0.865. The first-order valence-corrected chi connectivity index (χ1v) is 9.60. The third-order valence-electron chi connectivity index (χ3n) is 5.07. The Labute approximate surface area is 154 Å². The number of hydrogen-bond donors (Lipinski definition) is 1. The molecule has 1 N–H and O–H groups in total. The highest BCUT2D eigenvalue weighted by molar-refractivity contribution is 5.81. The number of carbonyl (C=O) groups excluding carboxylic acids is 2. The Morgan fingerprint density at radius 1 is 1.27 bits per heavy atom. The van der Waals surface area contributed by atoms with Gasteiger partial charge in [0.25, 0.3) is 0 Å². The number of fused-ring (bicyclic) bond motifs is 1. The molecule has 0 saturated carbocycles. The van der Waals surface area contributed by atoms with Crippen molar-refractivity contribution in [3.05, 3.63) is 30.1 Å². The highest BCUT2D eigenvalue weighted by Gasteiger charge is 2.24. The van der Waals surface area contributed by atoms with Gasteiger partial charge in [0.1, 0.15) is 12.4 Å². The van der Waals surface area contributed by atoms with E-state index in [2.05, 4.69) is 17.2 Å². The molecule has 2 aromatic rings. The number of nitrogens with one attached hydrogen (secondary N) is 1. The molecule has 1 unspecified atom stereocenters. The van der Waals surface area contributed by atoms with Crippen molar-refractivity contribution in [3.63, 3.8) is 0 Å². The first-order chi connectivity index (χ1) is 12.6. The monoisotopic (exact) mass is 356 g/mol. The van der Waals surface area contributed by atoms with Gasteiger partial charge in [0, 0.05) is 19.0 Å². The third-order valence-corrected chi connectivity index (χ3v) is 5.07. The van der Waals surface area contributed by atoms with Crippen molar-refractivity contribution in [2.45, 2.75) is 65.1 Å². The molecule has 0 radical (unpaired) electrons. The molecule has 1 aliphatic heterocycles. The lowest BCUT2D eigenvalue weighted by molar-refractivity contribution is -0.135. The number of aromatic nitrogens is 2. The predicted molar refractivity (Wildman–Crippen MR) is 102 cm³/mol. The van der Waals surface area contributed by atoms with Crippen LogP contribution in [-0.2, 0) is 22.7 Å². The van der Waals surface area contributed by atoms with Crippen LogP contribution < -0.4 is 5.32 Å². The fraction of sp³-hybridized carbons (Fsp3) is 0.550. The van der Waals surface area contributed by atoms with Crippen LogP contribution in [0.15, 0.2) is 24.3 Å². The fourth-order valence-corrected chi connectivity index (χ4v) is 3.62. The fourth-order valence-electron chi connectivity index (χ4n) is 3.62. The van der Waals surface area contributed by atoms with E-state index in [9.17, 15) is 9.59 Å². The molecule has 140 valence electrons. The standard InChI is InChI=1S/C20H28N4O2/c1-3-8-19(25)21-13-18-22-16-10-4-5-11-17(16)24(18)14-20(26)23-12-7-6-9-15(23)2/h4-5,10-11,15H,3,6-9,12-14H2,1-2H3,(H,21,25). The van der Waals surface area contributed by atoms with Crippen LogP contribution in [0.1, 0.15) is 51.8 Å². The summed E-state index contributed by atoms with van der Waals surface area (Å²) in [5.74, 6) is 0.872. The molecular weight excluding hydrogens is 328 g/mol. The van der Waals surface area contributed by atoms with Gasteiger partial charge in [-0.3, -0.25) is 9.59 Å². The van der Waals surface area contributed by atoms with E-state index in [1.54, 1.807) is 0 Å². The lowest BCUT2D eigenvalue weighted by Crippen LogP contribution is -2.43. The van der Waals surface area contributed by atoms with Gasteiger partial charge >= 0.3 is 0 Å². The third kappa shape index (κ3) is 4.06. The van der Waals surface area contributed by atoms with Crippen molar-refractivity contribution >= 4 is 22.8 Å². The predicted octanol–water partition coefficient (Wildman–Crippen LogP) is 2.85. The Bertz CT molecular complexity index is 783. The minimum Gasteiger partial charge on any atom is -0.349 e. The zero-order chi connectivity index (χ0) is 18.5. The Hall–Kier alpha value is -2.37. The van der Waals surface area contributed by atoms with E-state index in [0.717, 1.165) is 42.7 Å². The van der Waals surface area contributed by atoms with E-state index in [1.807, 2.05) is 40.7 Å². The molecule has 1 aromatic heterocycles. The number of likely N-dealkylation sites (tertiary alicyclic amines) is 1. The number of para-hydroxylation sites is 2. The van der Waals surface area contributed by atoms with Crippen molar-refractivity contribution in [2.75, 3.05) is 6.54 Å².